The Morgan fingerprint density at radius 3 is 2.86 bits per heavy atom. The van der Waals surface area contributed by atoms with Crippen molar-refractivity contribution in [3.63, 3.8) is 0 Å². The summed E-state index contributed by atoms with van der Waals surface area (Å²) in [6.45, 7) is 3.42. The smallest absolute Gasteiger partial charge is 0.352 e. The number of hydrogen-bond donors (Lipinski definition) is 0. The second-order valence-electron chi connectivity index (χ2n) is 4.46. The molecule has 1 atom stereocenters. The fourth-order valence-electron chi connectivity index (χ4n) is 1.77. The molecule has 6 nitrogen and oxygen atoms in total. The molecule has 1 aliphatic heterocycles. The molecule has 0 aliphatic carbocycles. The zero-order valence-corrected chi connectivity index (χ0v) is 12.3. The Labute approximate surface area is 125 Å². The van der Waals surface area contributed by atoms with Crippen molar-refractivity contribution in [2.75, 3.05) is 19.8 Å². The maximum Gasteiger partial charge on any atom is 0.352 e. The Morgan fingerprint density at radius 1 is 1.43 bits per heavy atom. The molecule has 0 N–H and O–H groups in total. The fraction of sp³-hybridized carbons (Fsp3) is 0.357. The molecule has 0 amide bonds. The van der Waals surface area contributed by atoms with Gasteiger partial charge in [0, 0.05) is 5.56 Å². The van der Waals surface area contributed by atoms with Crippen LogP contribution in [0.2, 0.25) is 0 Å². The average Bonchev–Trinajstić information content (AvgIpc) is 3.20. The van der Waals surface area contributed by atoms with E-state index in [9.17, 15) is 4.79 Å². The molecular formula is C14H14N2O4S. The Bertz CT molecular complexity index is 622. The first-order valence-corrected chi connectivity index (χ1v) is 7.39. The molecule has 1 aromatic carbocycles. The zero-order valence-electron chi connectivity index (χ0n) is 11.4. The van der Waals surface area contributed by atoms with Crippen LogP contribution in [-0.2, 0) is 9.47 Å². The predicted molar refractivity (Wildman–Crippen MR) is 76.5 cm³/mol. The summed E-state index contributed by atoms with van der Waals surface area (Å²) in [7, 11) is 0. The second-order valence-corrected chi connectivity index (χ2v) is 5.22. The van der Waals surface area contributed by atoms with Gasteiger partial charge in [0.1, 0.15) is 24.2 Å². The van der Waals surface area contributed by atoms with Crippen LogP contribution in [0.1, 0.15) is 16.6 Å². The first-order chi connectivity index (χ1) is 10.3. The quantitative estimate of drug-likeness (QED) is 0.601. The minimum atomic E-state index is -0.395. The van der Waals surface area contributed by atoms with E-state index in [-0.39, 0.29) is 6.10 Å². The van der Waals surface area contributed by atoms with E-state index in [2.05, 4.69) is 9.59 Å². The van der Waals surface area contributed by atoms with E-state index in [0.29, 0.717) is 23.8 Å². The van der Waals surface area contributed by atoms with Gasteiger partial charge in [-0.05, 0) is 42.7 Å². The van der Waals surface area contributed by atoms with Gasteiger partial charge in [0.15, 0.2) is 4.88 Å². The SMILES string of the molecule is CCOC(=O)c1snnc1-c1ccc(OCC2CO2)cc1. The highest BCUT2D eigenvalue weighted by molar-refractivity contribution is 7.08. The van der Waals surface area contributed by atoms with Crippen LogP contribution in [0.3, 0.4) is 0 Å². The number of nitrogens with zero attached hydrogens (tertiary/aromatic N) is 2. The first-order valence-electron chi connectivity index (χ1n) is 6.62. The summed E-state index contributed by atoms with van der Waals surface area (Å²) >= 11 is 1.04. The Kier molecular flexibility index (Phi) is 4.12. The highest BCUT2D eigenvalue weighted by Crippen LogP contribution is 2.26. The second kappa shape index (κ2) is 6.19. The van der Waals surface area contributed by atoms with Crippen LogP contribution in [0.4, 0.5) is 0 Å². The standard InChI is InChI=1S/C14H14N2O4S/c1-2-18-14(17)13-12(15-16-21-13)9-3-5-10(6-4-9)19-7-11-8-20-11/h3-6,11H,2,7-8H2,1H3. The molecule has 1 aliphatic rings. The molecule has 7 heteroatoms. The van der Waals surface area contributed by atoms with E-state index in [0.717, 1.165) is 29.5 Å². The van der Waals surface area contributed by atoms with E-state index < -0.39 is 5.97 Å². The lowest BCUT2D eigenvalue weighted by molar-refractivity contribution is 0.0532. The molecule has 1 unspecified atom stereocenters. The van der Waals surface area contributed by atoms with E-state index in [4.69, 9.17) is 14.2 Å². The van der Waals surface area contributed by atoms with Crippen molar-refractivity contribution in [1.82, 2.24) is 9.59 Å². The summed E-state index contributed by atoms with van der Waals surface area (Å²) in [5, 5.41) is 4.01. The molecule has 0 radical (unpaired) electrons. The van der Waals surface area contributed by atoms with E-state index >= 15 is 0 Å². The maximum atomic E-state index is 11.8. The van der Waals surface area contributed by atoms with Crippen LogP contribution >= 0.6 is 11.5 Å². The third-order valence-corrected chi connectivity index (χ3v) is 3.62. The van der Waals surface area contributed by atoms with E-state index in [1.165, 1.54) is 0 Å². The largest absolute Gasteiger partial charge is 0.491 e. The monoisotopic (exact) mass is 306 g/mol. The molecule has 0 spiro atoms. The lowest BCUT2D eigenvalue weighted by atomic mass is 10.1. The number of ether oxygens (including phenoxy) is 3. The van der Waals surface area contributed by atoms with Gasteiger partial charge in [-0.1, -0.05) is 4.49 Å². The van der Waals surface area contributed by atoms with Crippen molar-refractivity contribution >= 4 is 17.5 Å². The minimum Gasteiger partial charge on any atom is -0.491 e. The highest BCUT2D eigenvalue weighted by atomic mass is 32.1. The number of carbonyl (C=O) groups excluding carboxylic acids is 1. The van der Waals surface area contributed by atoms with Crippen molar-refractivity contribution in [2.24, 2.45) is 0 Å². The maximum absolute atomic E-state index is 11.8. The molecule has 110 valence electrons. The number of esters is 1. The van der Waals surface area contributed by atoms with Gasteiger partial charge in [-0.15, -0.1) is 5.10 Å². The lowest BCUT2D eigenvalue weighted by Crippen LogP contribution is -2.04. The molecule has 2 aromatic rings. The Balaban J connectivity index is 1.74. The average molecular weight is 306 g/mol. The number of epoxide rings is 1. The van der Waals surface area contributed by atoms with Crippen molar-refractivity contribution in [3.8, 4) is 17.0 Å². The molecule has 2 heterocycles. The summed E-state index contributed by atoms with van der Waals surface area (Å²) in [6.07, 6.45) is 0.225. The third kappa shape index (κ3) is 3.37. The number of aromatic nitrogens is 2. The van der Waals surface area contributed by atoms with Gasteiger partial charge in [-0.3, -0.25) is 0 Å². The molecule has 3 rings (SSSR count). The van der Waals surface area contributed by atoms with Crippen LogP contribution in [0.15, 0.2) is 24.3 Å². The van der Waals surface area contributed by atoms with Gasteiger partial charge in [0.25, 0.3) is 0 Å². The van der Waals surface area contributed by atoms with Crippen molar-refractivity contribution in [1.29, 1.82) is 0 Å². The Hall–Kier alpha value is -1.99. The molecule has 21 heavy (non-hydrogen) atoms. The number of hydrogen-bond acceptors (Lipinski definition) is 7. The van der Waals surface area contributed by atoms with Gasteiger partial charge >= 0.3 is 5.97 Å². The van der Waals surface area contributed by atoms with Gasteiger partial charge in [-0.25, -0.2) is 4.79 Å². The summed E-state index contributed by atoms with van der Waals surface area (Å²) in [4.78, 5) is 12.2. The molecule has 0 saturated carbocycles. The third-order valence-electron chi connectivity index (χ3n) is 2.91. The molecule has 1 aromatic heterocycles. The topological polar surface area (TPSA) is 73.8 Å². The molecule has 1 fully saturated rings. The normalized spacial score (nSPS) is 16.5. The minimum absolute atomic E-state index is 0.225. The summed E-state index contributed by atoms with van der Waals surface area (Å²) in [5.74, 6) is 0.365. The van der Waals surface area contributed by atoms with Crippen molar-refractivity contribution < 1.29 is 19.0 Å². The predicted octanol–water partition coefficient (Wildman–Crippen LogP) is 2.16. The Morgan fingerprint density at radius 2 is 2.19 bits per heavy atom. The fourth-order valence-corrected chi connectivity index (χ4v) is 2.36. The summed E-state index contributed by atoms with van der Waals surface area (Å²) in [5.41, 5.74) is 1.34. The number of rotatable bonds is 6. The van der Waals surface area contributed by atoms with Crippen LogP contribution in [0.5, 0.6) is 5.75 Å². The van der Waals surface area contributed by atoms with Crippen molar-refractivity contribution in [3.05, 3.63) is 29.1 Å². The van der Waals surface area contributed by atoms with E-state index in [1.807, 2.05) is 24.3 Å². The van der Waals surface area contributed by atoms with Crippen LogP contribution in [-0.4, -0.2) is 41.5 Å². The van der Waals surface area contributed by atoms with Crippen molar-refractivity contribution in [2.45, 2.75) is 13.0 Å². The number of carbonyl (C=O) groups is 1. The lowest BCUT2D eigenvalue weighted by Gasteiger charge is -2.05. The van der Waals surface area contributed by atoms with Gasteiger partial charge < -0.3 is 14.2 Å². The first kappa shape index (κ1) is 14.0. The van der Waals surface area contributed by atoms with Gasteiger partial charge in [0.2, 0.25) is 0 Å². The summed E-state index contributed by atoms with van der Waals surface area (Å²) in [6, 6.07) is 7.38. The summed E-state index contributed by atoms with van der Waals surface area (Å²) < 4.78 is 19.5. The zero-order chi connectivity index (χ0) is 14.7. The van der Waals surface area contributed by atoms with Gasteiger partial charge in [0.05, 0.1) is 13.2 Å². The van der Waals surface area contributed by atoms with E-state index in [1.54, 1.807) is 6.92 Å². The molecular weight excluding hydrogens is 292 g/mol. The molecule has 0 bridgehead atoms. The molecule has 1 saturated heterocycles. The van der Waals surface area contributed by atoms with Crippen LogP contribution < -0.4 is 4.74 Å². The van der Waals surface area contributed by atoms with Gasteiger partial charge in [-0.2, -0.15) is 0 Å². The van der Waals surface area contributed by atoms with Crippen LogP contribution in [0, 0.1) is 0 Å². The number of benzene rings is 1. The highest BCUT2D eigenvalue weighted by Gasteiger charge is 2.23. The van der Waals surface area contributed by atoms with Crippen LogP contribution in [0.25, 0.3) is 11.3 Å².